The molecular weight excluding hydrogens is 84.0 g/mol. The highest BCUT2D eigenvalue weighted by Gasteiger charge is 1.16. The van der Waals surface area contributed by atoms with Crippen LogP contribution in [0.2, 0.25) is 0 Å². The van der Waals surface area contributed by atoms with Gasteiger partial charge in [-0.25, -0.2) is 0 Å². The molecule has 0 radical (unpaired) electrons. The van der Waals surface area contributed by atoms with Gasteiger partial charge in [0.25, 0.3) is 12.5 Å². The Bertz CT molecular complexity index is 64.5. The van der Waals surface area contributed by atoms with E-state index in [1.54, 1.807) is 0 Å². The first kappa shape index (κ1) is 8.82. The summed E-state index contributed by atoms with van der Waals surface area (Å²) in [4.78, 5) is 0. The lowest BCUT2D eigenvalue weighted by atomic mass is 11.6. The Labute approximate surface area is 34.5 Å². The molecule has 0 unspecified atom stereocenters. The molecule has 0 atom stereocenters. The van der Waals surface area contributed by atoms with Gasteiger partial charge in [-0.1, -0.05) is 0 Å². The van der Waals surface area contributed by atoms with Crippen molar-refractivity contribution in [1.29, 1.82) is 10.5 Å². The first-order valence-corrected chi connectivity index (χ1v) is 0.894. The van der Waals surface area contributed by atoms with Gasteiger partial charge in [0, 0.05) is 0 Å². The minimum atomic E-state index is 0.750. The van der Waals surface area contributed by atoms with Gasteiger partial charge in [-0.3, -0.25) is 0 Å². The maximum atomic E-state index is 6.88. The van der Waals surface area contributed by atoms with Crippen LogP contribution in [-0.2, 0) is 0 Å². The summed E-state index contributed by atoms with van der Waals surface area (Å²) in [5.41, 5.74) is 0. The molecule has 0 amide bonds. The van der Waals surface area contributed by atoms with E-state index in [4.69, 9.17) is 20.7 Å². The first-order chi connectivity index (χ1) is 2.83. The van der Waals surface area contributed by atoms with Crippen molar-refractivity contribution in [3.8, 4) is 12.5 Å². The number of nitriles is 2. The molecule has 0 spiro atoms. The summed E-state index contributed by atoms with van der Waals surface area (Å²) in [7, 11) is 0. The second-order valence-electron chi connectivity index (χ2n) is 0.200. The van der Waals surface area contributed by atoms with Crippen molar-refractivity contribution >= 4 is 0 Å². The highest BCUT2D eigenvalue weighted by molar-refractivity contribution is 4.31. The molecule has 6 heavy (non-hydrogen) atoms. The minimum Gasteiger partial charge on any atom is -0.443 e. The number of nitrogens with zero attached hydrogens (tertiary/aromatic N) is 2. The van der Waals surface area contributed by atoms with Crippen LogP contribution in [-0.4, -0.2) is 10.2 Å². The SMILES string of the molecule is N#CO.N#CO. The Morgan fingerprint density at radius 2 is 1.00 bits per heavy atom. The number of hydrogen-bond donors (Lipinski definition) is 2. The van der Waals surface area contributed by atoms with Crippen LogP contribution in [0.5, 0.6) is 0 Å². The third-order valence-corrected chi connectivity index (χ3v) is 0. The van der Waals surface area contributed by atoms with E-state index in [0.717, 1.165) is 12.5 Å². The molecule has 32 valence electrons. The van der Waals surface area contributed by atoms with Crippen molar-refractivity contribution in [1.82, 2.24) is 0 Å². The van der Waals surface area contributed by atoms with E-state index in [1.807, 2.05) is 0 Å². The Morgan fingerprint density at radius 1 is 1.00 bits per heavy atom. The van der Waals surface area contributed by atoms with Gasteiger partial charge in [-0.05, 0) is 0 Å². The summed E-state index contributed by atoms with van der Waals surface area (Å²) in [5, 5.41) is 27.5. The smallest absolute Gasteiger partial charge is 0.283 e. The summed E-state index contributed by atoms with van der Waals surface area (Å²) in [6, 6.07) is 0. The van der Waals surface area contributed by atoms with Gasteiger partial charge in [0.2, 0.25) is 0 Å². The molecule has 0 heterocycles. The van der Waals surface area contributed by atoms with Gasteiger partial charge in [-0.2, -0.15) is 10.5 Å². The maximum absolute atomic E-state index is 6.88. The average molecular weight is 86.0 g/mol. The molecule has 4 nitrogen and oxygen atoms in total. The lowest BCUT2D eigenvalue weighted by Crippen LogP contribution is -1.27. The van der Waals surface area contributed by atoms with Gasteiger partial charge in [0.15, 0.2) is 0 Å². The third kappa shape index (κ3) is 3.19. The highest BCUT2D eigenvalue weighted by atomic mass is 16.2. The highest BCUT2D eigenvalue weighted by Crippen LogP contribution is 1.06. The van der Waals surface area contributed by atoms with Gasteiger partial charge >= 0.3 is 0 Å². The van der Waals surface area contributed by atoms with Crippen molar-refractivity contribution in [2.45, 2.75) is 0 Å². The van der Waals surface area contributed by atoms with Gasteiger partial charge in [-0.15, -0.1) is 0 Å². The van der Waals surface area contributed by atoms with E-state index in [-0.39, 0.29) is 0 Å². The molecule has 0 bridgehead atoms. The summed E-state index contributed by atoms with van der Waals surface area (Å²) >= 11 is 0. The summed E-state index contributed by atoms with van der Waals surface area (Å²) < 4.78 is 0. The predicted molar refractivity (Wildman–Crippen MR) is 15.1 cm³/mol. The standard InChI is InChI=1S/2CHNO/c2*2-1-3/h2*3H. The number of aliphatic hydroxyl groups is 2. The molecule has 0 saturated heterocycles. The fourth-order valence-electron chi connectivity index (χ4n) is 0. The summed E-state index contributed by atoms with van der Waals surface area (Å²) in [5.74, 6) is 0. The van der Waals surface area contributed by atoms with Crippen LogP contribution in [0.4, 0.5) is 0 Å². The average Bonchev–Trinajstić information content (AvgIpc) is 1.39. The van der Waals surface area contributed by atoms with E-state index < -0.39 is 0 Å². The van der Waals surface area contributed by atoms with Crippen LogP contribution in [0.25, 0.3) is 0 Å². The Balaban J connectivity index is 0. The molecule has 0 aromatic carbocycles. The summed E-state index contributed by atoms with van der Waals surface area (Å²) in [6.07, 6.45) is 1.50. The number of rotatable bonds is 0. The second-order valence-corrected chi connectivity index (χ2v) is 0.200. The van der Waals surface area contributed by atoms with E-state index in [1.165, 1.54) is 0 Å². The first-order valence-electron chi connectivity index (χ1n) is 0.894. The quantitative estimate of drug-likeness (QED) is 0.395. The largest absolute Gasteiger partial charge is 0.443 e. The van der Waals surface area contributed by atoms with Crippen LogP contribution < -0.4 is 0 Å². The molecule has 0 aromatic rings. The molecule has 2 N–H and O–H groups in total. The molecule has 0 rings (SSSR count). The van der Waals surface area contributed by atoms with Crippen molar-refractivity contribution in [3.63, 3.8) is 0 Å². The zero-order valence-electron chi connectivity index (χ0n) is 2.79. The van der Waals surface area contributed by atoms with Crippen molar-refractivity contribution in [2.75, 3.05) is 0 Å². The Kier molecular flexibility index (Phi) is 104. The zero-order chi connectivity index (χ0) is 5.41. The molecule has 0 fully saturated rings. The molecule has 0 aromatic heterocycles. The van der Waals surface area contributed by atoms with Crippen LogP contribution >= 0.6 is 0 Å². The molecule has 0 saturated carbocycles. The van der Waals surface area contributed by atoms with Crippen LogP contribution in [0.1, 0.15) is 0 Å². The van der Waals surface area contributed by atoms with Crippen LogP contribution in [0.15, 0.2) is 0 Å². The normalized spacial score (nSPS) is 2.33. The number of hydrogen-bond acceptors (Lipinski definition) is 4. The van der Waals surface area contributed by atoms with Crippen LogP contribution in [0, 0.1) is 23.0 Å². The summed E-state index contributed by atoms with van der Waals surface area (Å²) in [6.45, 7) is 0. The molecule has 0 aliphatic heterocycles. The predicted octanol–water partition coefficient (Wildman–Crippen LogP) is -0.320. The minimum absolute atomic E-state index is 0.750. The third-order valence-electron chi connectivity index (χ3n) is 0. The molecule has 0 aliphatic rings. The molecular formula is C2H2N2O2. The van der Waals surface area contributed by atoms with Crippen molar-refractivity contribution in [3.05, 3.63) is 0 Å². The van der Waals surface area contributed by atoms with Gasteiger partial charge < -0.3 is 10.2 Å². The maximum Gasteiger partial charge on any atom is 0.283 e. The van der Waals surface area contributed by atoms with E-state index in [2.05, 4.69) is 0 Å². The van der Waals surface area contributed by atoms with Crippen molar-refractivity contribution < 1.29 is 10.2 Å². The van der Waals surface area contributed by atoms with Crippen LogP contribution in [0.3, 0.4) is 0 Å². The Hall–Kier alpha value is -1.42. The Morgan fingerprint density at radius 3 is 1.00 bits per heavy atom. The lowest BCUT2D eigenvalue weighted by Gasteiger charge is -1.25. The number of aliphatic hydroxyl groups excluding tert-OH is 2. The molecule has 0 aliphatic carbocycles. The van der Waals surface area contributed by atoms with E-state index >= 15 is 0 Å². The fourth-order valence-corrected chi connectivity index (χ4v) is 0. The lowest BCUT2D eigenvalue weighted by molar-refractivity contribution is 0.502. The zero-order valence-corrected chi connectivity index (χ0v) is 2.79. The second kappa shape index (κ2) is 70.8. The fraction of sp³-hybridized carbons (Fsp3) is 0. The van der Waals surface area contributed by atoms with E-state index in [0.29, 0.717) is 0 Å². The monoisotopic (exact) mass is 86.0 g/mol. The van der Waals surface area contributed by atoms with E-state index in [9.17, 15) is 0 Å². The van der Waals surface area contributed by atoms with Gasteiger partial charge in [0.1, 0.15) is 0 Å². The topological polar surface area (TPSA) is 88.0 Å². The van der Waals surface area contributed by atoms with Crippen molar-refractivity contribution in [2.24, 2.45) is 0 Å². The molecule has 4 heteroatoms. The van der Waals surface area contributed by atoms with Gasteiger partial charge in [0.05, 0.1) is 0 Å².